The summed E-state index contributed by atoms with van der Waals surface area (Å²) in [5.74, 6) is -0.286. The largest absolute Gasteiger partial charge is 0.383 e. The van der Waals surface area contributed by atoms with E-state index in [9.17, 15) is 4.39 Å². The van der Waals surface area contributed by atoms with Crippen molar-refractivity contribution < 1.29 is 4.39 Å². The van der Waals surface area contributed by atoms with Gasteiger partial charge in [-0.05, 0) is 30.3 Å². The molecule has 17 heavy (non-hydrogen) atoms. The molecule has 0 saturated heterocycles. The number of aromatic nitrogens is 1. The first-order chi connectivity index (χ1) is 8.11. The van der Waals surface area contributed by atoms with Gasteiger partial charge in [-0.1, -0.05) is 11.6 Å². The molecule has 2 aromatic rings. The molecule has 3 nitrogen and oxygen atoms in total. The molecule has 0 atom stereocenters. The molecule has 84 valence electrons. The van der Waals surface area contributed by atoms with Crippen molar-refractivity contribution in [2.24, 2.45) is 0 Å². The summed E-state index contributed by atoms with van der Waals surface area (Å²) < 4.78 is 12.9. The number of hydrogen-bond acceptors (Lipinski definition) is 3. The van der Waals surface area contributed by atoms with Crippen LogP contribution in [0.5, 0.6) is 0 Å². The van der Waals surface area contributed by atoms with E-state index in [4.69, 9.17) is 22.6 Å². The molecular formula is C12H7ClFN3. The number of anilines is 1. The summed E-state index contributed by atoms with van der Waals surface area (Å²) in [6.45, 7) is 0. The average molecular weight is 248 g/mol. The summed E-state index contributed by atoms with van der Waals surface area (Å²) in [6, 6.07) is 9.10. The van der Waals surface area contributed by atoms with Crippen molar-refractivity contribution >= 4 is 17.4 Å². The van der Waals surface area contributed by atoms with Crippen molar-refractivity contribution in [3.05, 3.63) is 46.7 Å². The average Bonchev–Trinajstić information content (AvgIpc) is 2.29. The lowest BCUT2D eigenvalue weighted by molar-refractivity contribution is 0.628. The van der Waals surface area contributed by atoms with Crippen LogP contribution >= 0.6 is 11.6 Å². The Hall–Kier alpha value is -2.12. The van der Waals surface area contributed by atoms with Crippen LogP contribution in [0.15, 0.2) is 30.3 Å². The number of nitrogen functional groups attached to an aromatic ring is 1. The van der Waals surface area contributed by atoms with E-state index in [-0.39, 0.29) is 10.8 Å². The molecule has 0 aliphatic carbocycles. The number of hydrogen-bond donors (Lipinski definition) is 1. The molecule has 0 aliphatic rings. The second kappa shape index (κ2) is 4.40. The third-order valence-corrected chi connectivity index (χ3v) is 2.56. The Kier molecular flexibility index (Phi) is 2.94. The molecule has 1 aromatic heterocycles. The van der Waals surface area contributed by atoms with Gasteiger partial charge in [0.15, 0.2) is 0 Å². The highest BCUT2D eigenvalue weighted by molar-refractivity contribution is 6.33. The first-order valence-corrected chi connectivity index (χ1v) is 5.11. The number of nitrogens with two attached hydrogens (primary N) is 1. The minimum Gasteiger partial charge on any atom is -0.383 e. The zero-order valence-corrected chi connectivity index (χ0v) is 9.37. The summed E-state index contributed by atoms with van der Waals surface area (Å²) >= 11 is 5.90. The number of pyridine rings is 1. The third kappa shape index (κ3) is 2.19. The topological polar surface area (TPSA) is 62.7 Å². The van der Waals surface area contributed by atoms with Gasteiger partial charge in [-0.3, -0.25) is 0 Å². The van der Waals surface area contributed by atoms with E-state index < -0.39 is 5.82 Å². The molecule has 0 radical (unpaired) electrons. The summed E-state index contributed by atoms with van der Waals surface area (Å²) in [4.78, 5) is 4.05. The molecule has 0 spiro atoms. The number of halogens is 2. The molecule has 5 heteroatoms. The summed E-state index contributed by atoms with van der Waals surface area (Å²) in [5.41, 5.74) is 6.98. The Balaban J connectivity index is 2.54. The van der Waals surface area contributed by atoms with E-state index >= 15 is 0 Å². The lowest BCUT2D eigenvalue weighted by Gasteiger charge is -2.05. The molecule has 0 unspecified atom stereocenters. The predicted octanol–water partition coefficient (Wildman–Crippen LogP) is 2.99. The molecular weight excluding hydrogens is 241 g/mol. The van der Waals surface area contributed by atoms with Crippen LogP contribution in [0.2, 0.25) is 5.02 Å². The Morgan fingerprint density at radius 3 is 2.65 bits per heavy atom. The second-order valence-electron chi connectivity index (χ2n) is 3.37. The number of nitrogens with zero attached hydrogens (tertiary/aromatic N) is 2. The number of nitriles is 1. The van der Waals surface area contributed by atoms with E-state index in [1.54, 1.807) is 12.1 Å². The standard InChI is InChI=1S/C12H7ClFN3/c13-10-5-8(14)2-3-9(10)11-4-1-7(6-15)12(16)17-11/h1-5H,(H2,16,17). The van der Waals surface area contributed by atoms with Crippen molar-refractivity contribution in [2.45, 2.75) is 0 Å². The first kappa shape index (κ1) is 11.4. The lowest BCUT2D eigenvalue weighted by atomic mass is 10.1. The molecule has 0 fully saturated rings. The zero-order chi connectivity index (χ0) is 12.4. The molecule has 1 aromatic carbocycles. The minimum atomic E-state index is -0.416. The molecule has 0 bridgehead atoms. The molecule has 2 N–H and O–H groups in total. The first-order valence-electron chi connectivity index (χ1n) is 4.74. The Morgan fingerprint density at radius 2 is 2.06 bits per heavy atom. The van der Waals surface area contributed by atoms with Crippen molar-refractivity contribution in [2.75, 3.05) is 5.73 Å². The maximum atomic E-state index is 12.9. The van der Waals surface area contributed by atoms with E-state index in [0.29, 0.717) is 16.8 Å². The SMILES string of the molecule is N#Cc1ccc(-c2ccc(F)cc2Cl)nc1N. The van der Waals surface area contributed by atoms with E-state index in [1.807, 2.05) is 6.07 Å². The number of benzene rings is 1. The highest BCUT2D eigenvalue weighted by Gasteiger charge is 2.08. The molecule has 1 heterocycles. The predicted molar refractivity (Wildman–Crippen MR) is 63.8 cm³/mol. The molecule has 2 rings (SSSR count). The summed E-state index contributed by atoms with van der Waals surface area (Å²) in [6.07, 6.45) is 0. The fourth-order valence-electron chi connectivity index (χ4n) is 1.42. The normalized spacial score (nSPS) is 9.94. The van der Waals surface area contributed by atoms with Crippen LogP contribution in [0.4, 0.5) is 10.2 Å². The summed E-state index contributed by atoms with van der Waals surface area (Å²) in [5, 5.41) is 8.98. The van der Waals surface area contributed by atoms with Crippen molar-refractivity contribution in [1.82, 2.24) is 4.98 Å². The van der Waals surface area contributed by atoms with Crippen LogP contribution in [0.1, 0.15) is 5.56 Å². The van der Waals surface area contributed by atoms with E-state index in [0.717, 1.165) is 0 Å². The smallest absolute Gasteiger partial charge is 0.142 e. The van der Waals surface area contributed by atoms with Crippen LogP contribution in [-0.4, -0.2) is 4.98 Å². The van der Waals surface area contributed by atoms with Gasteiger partial charge in [-0.15, -0.1) is 0 Å². The maximum Gasteiger partial charge on any atom is 0.142 e. The van der Waals surface area contributed by atoms with E-state index in [1.165, 1.54) is 18.2 Å². The Morgan fingerprint density at radius 1 is 1.29 bits per heavy atom. The van der Waals surface area contributed by atoms with Gasteiger partial charge in [0.05, 0.1) is 16.3 Å². The molecule has 0 saturated carbocycles. The monoisotopic (exact) mass is 247 g/mol. The highest BCUT2D eigenvalue weighted by atomic mass is 35.5. The van der Waals surface area contributed by atoms with Crippen LogP contribution in [0.3, 0.4) is 0 Å². The van der Waals surface area contributed by atoms with Gasteiger partial charge in [-0.25, -0.2) is 9.37 Å². The van der Waals surface area contributed by atoms with Gasteiger partial charge in [-0.2, -0.15) is 5.26 Å². The van der Waals surface area contributed by atoms with Gasteiger partial charge in [0.2, 0.25) is 0 Å². The van der Waals surface area contributed by atoms with E-state index in [2.05, 4.69) is 4.98 Å². The number of rotatable bonds is 1. The molecule has 0 amide bonds. The van der Waals surface area contributed by atoms with Gasteiger partial charge in [0.1, 0.15) is 17.7 Å². The van der Waals surface area contributed by atoms with Crippen LogP contribution < -0.4 is 5.73 Å². The van der Waals surface area contributed by atoms with Crippen molar-refractivity contribution in [1.29, 1.82) is 5.26 Å². The zero-order valence-electron chi connectivity index (χ0n) is 8.61. The molecule has 0 aliphatic heterocycles. The highest BCUT2D eigenvalue weighted by Crippen LogP contribution is 2.28. The van der Waals surface area contributed by atoms with Gasteiger partial charge in [0, 0.05) is 5.56 Å². The van der Waals surface area contributed by atoms with Gasteiger partial charge in [0.25, 0.3) is 0 Å². The van der Waals surface area contributed by atoms with Crippen LogP contribution in [0.25, 0.3) is 11.3 Å². The Bertz CT molecular complexity index is 620. The minimum absolute atomic E-state index is 0.130. The van der Waals surface area contributed by atoms with Crippen molar-refractivity contribution in [3.8, 4) is 17.3 Å². The maximum absolute atomic E-state index is 12.9. The Labute approximate surface area is 102 Å². The van der Waals surface area contributed by atoms with Gasteiger partial charge >= 0.3 is 0 Å². The van der Waals surface area contributed by atoms with Crippen LogP contribution in [-0.2, 0) is 0 Å². The third-order valence-electron chi connectivity index (χ3n) is 2.25. The lowest BCUT2D eigenvalue weighted by Crippen LogP contribution is -1.96. The fourth-order valence-corrected chi connectivity index (χ4v) is 1.68. The quantitative estimate of drug-likeness (QED) is 0.843. The van der Waals surface area contributed by atoms with Gasteiger partial charge < -0.3 is 5.73 Å². The van der Waals surface area contributed by atoms with Crippen LogP contribution in [0, 0.1) is 17.1 Å². The summed E-state index contributed by atoms with van der Waals surface area (Å²) in [7, 11) is 0. The second-order valence-corrected chi connectivity index (χ2v) is 3.77. The fraction of sp³-hybridized carbons (Fsp3) is 0. The van der Waals surface area contributed by atoms with Crippen molar-refractivity contribution in [3.63, 3.8) is 0 Å².